The van der Waals surface area contributed by atoms with Crippen LogP contribution in [0.4, 0.5) is 0 Å². The van der Waals surface area contributed by atoms with Crippen LogP contribution in [-0.4, -0.2) is 36.2 Å². The molecule has 1 fully saturated rings. The van der Waals surface area contributed by atoms with Crippen LogP contribution in [0.2, 0.25) is 0 Å². The molecule has 1 saturated heterocycles. The van der Waals surface area contributed by atoms with Crippen LogP contribution < -0.4 is 10.6 Å². The normalized spacial score (nSPS) is 19.4. The molecule has 0 aromatic rings. The van der Waals surface area contributed by atoms with Crippen molar-refractivity contribution >= 4 is 5.97 Å². The maximum absolute atomic E-state index is 10.6. The first-order valence-electron chi connectivity index (χ1n) is 5.22. The van der Waals surface area contributed by atoms with Crippen LogP contribution in [0, 0.1) is 5.92 Å². The predicted octanol–water partition coefficient (Wildman–Crippen LogP) is 0.439. The summed E-state index contributed by atoms with van der Waals surface area (Å²) >= 11 is 0. The van der Waals surface area contributed by atoms with Crippen molar-refractivity contribution in [2.24, 2.45) is 5.92 Å². The van der Waals surface area contributed by atoms with Gasteiger partial charge in [-0.3, -0.25) is 4.79 Å². The maximum Gasteiger partial charge on any atom is 0.305 e. The van der Waals surface area contributed by atoms with Crippen LogP contribution >= 0.6 is 0 Å². The fraction of sp³-hybridized carbons (Fsp3) is 0.900. The molecule has 1 aliphatic heterocycles. The lowest BCUT2D eigenvalue weighted by Crippen LogP contribution is -2.68. The van der Waals surface area contributed by atoms with Crippen molar-refractivity contribution < 1.29 is 9.90 Å². The number of hydrogen-bond acceptors (Lipinski definition) is 3. The molecule has 1 rings (SSSR count). The van der Waals surface area contributed by atoms with Gasteiger partial charge in [-0.05, 0) is 18.9 Å². The van der Waals surface area contributed by atoms with Crippen LogP contribution in [0.15, 0.2) is 0 Å². The Morgan fingerprint density at radius 3 is 2.57 bits per heavy atom. The van der Waals surface area contributed by atoms with Gasteiger partial charge in [0.2, 0.25) is 0 Å². The maximum atomic E-state index is 10.6. The predicted molar refractivity (Wildman–Crippen MR) is 55.3 cm³/mol. The Bertz CT molecular complexity index is 200. The summed E-state index contributed by atoms with van der Waals surface area (Å²) in [5, 5.41) is 15.2. The van der Waals surface area contributed by atoms with Gasteiger partial charge in [-0.15, -0.1) is 0 Å². The van der Waals surface area contributed by atoms with Crippen molar-refractivity contribution in [1.29, 1.82) is 0 Å². The minimum Gasteiger partial charge on any atom is -0.481 e. The van der Waals surface area contributed by atoms with Crippen LogP contribution in [0.25, 0.3) is 0 Å². The molecule has 0 aromatic carbocycles. The summed E-state index contributed by atoms with van der Waals surface area (Å²) in [6.07, 6.45) is 1.32. The van der Waals surface area contributed by atoms with Gasteiger partial charge in [0.25, 0.3) is 0 Å². The molecule has 0 atom stereocenters. The molecule has 1 heterocycles. The molecule has 3 N–H and O–H groups in total. The lowest BCUT2D eigenvalue weighted by molar-refractivity contribution is -0.139. The second-order valence-corrected chi connectivity index (χ2v) is 4.56. The third-order valence-corrected chi connectivity index (χ3v) is 2.64. The monoisotopic (exact) mass is 200 g/mol. The van der Waals surface area contributed by atoms with E-state index in [0.29, 0.717) is 5.92 Å². The minimum absolute atomic E-state index is 0.180. The summed E-state index contributed by atoms with van der Waals surface area (Å²) < 4.78 is 0. The Morgan fingerprint density at radius 2 is 2.21 bits per heavy atom. The molecule has 0 aromatic heterocycles. The zero-order valence-electron chi connectivity index (χ0n) is 8.97. The molecule has 1 aliphatic rings. The van der Waals surface area contributed by atoms with Gasteiger partial charge in [-0.25, -0.2) is 0 Å². The first-order chi connectivity index (χ1) is 6.54. The minimum atomic E-state index is -0.719. The smallest absolute Gasteiger partial charge is 0.305 e. The molecule has 4 nitrogen and oxygen atoms in total. The number of carboxylic acid groups (broad SMARTS) is 1. The Morgan fingerprint density at radius 1 is 1.57 bits per heavy atom. The van der Waals surface area contributed by atoms with Crippen molar-refractivity contribution in [3.8, 4) is 0 Å². The zero-order valence-corrected chi connectivity index (χ0v) is 8.97. The molecule has 0 spiro atoms. The molecule has 4 heteroatoms. The van der Waals surface area contributed by atoms with E-state index in [1.807, 2.05) is 0 Å². The fourth-order valence-corrected chi connectivity index (χ4v) is 1.65. The van der Waals surface area contributed by atoms with Gasteiger partial charge in [-0.2, -0.15) is 0 Å². The standard InChI is InChI=1S/C10H20N2O2/c1-8(2)3-4-12-10(5-9(13)14)6-11-7-10/h8,11-12H,3-7H2,1-2H3,(H,13,14). The quantitative estimate of drug-likeness (QED) is 0.582. The highest BCUT2D eigenvalue weighted by molar-refractivity contribution is 5.68. The number of aliphatic carboxylic acids is 1. The number of hydrogen-bond donors (Lipinski definition) is 3. The second kappa shape index (κ2) is 4.75. The lowest BCUT2D eigenvalue weighted by Gasteiger charge is -2.42. The number of carbonyl (C=O) groups is 1. The van der Waals surface area contributed by atoms with E-state index in [9.17, 15) is 4.79 Å². The van der Waals surface area contributed by atoms with E-state index >= 15 is 0 Å². The third-order valence-electron chi connectivity index (χ3n) is 2.64. The largest absolute Gasteiger partial charge is 0.481 e. The highest BCUT2D eigenvalue weighted by atomic mass is 16.4. The average Bonchev–Trinajstić information content (AvgIpc) is 1.98. The van der Waals surface area contributed by atoms with E-state index in [2.05, 4.69) is 24.5 Å². The van der Waals surface area contributed by atoms with Gasteiger partial charge in [0, 0.05) is 13.1 Å². The van der Waals surface area contributed by atoms with Gasteiger partial charge in [-0.1, -0.05) is 13.8 Å². The summed E-state index contributed by atoms with van der Waals surface area (Å²) in [5.74, 6) is -0.0547. The van der Waals surface area contributed by atoms with Crippen molar-refractivity contribution in [2.45, 2.75) is 32.2 Å². The van der Waals surface area contributed by atoms with Gasteiger partial charge in [0.1, 0.15) is 0 Å². The first kappa shape index (κ1) is 11.5. The first-order valence-corrected chi connectivity index (χ1v) is 5.22. The lowest BCUT2D eigenvalue weighted by atomic mass is 9.88. The average molecular weight is 200 g/mol. The van der Waals surface area contributed by atoms with Gasteiger partial charge in [0.05, 0.1) is 12.0 Å². The molecule has 14 heavy (non-hydrogen) atoms. The molecule has 0 unspecified atom stereocenters. The van der Waals surface area contributed by atoms with Crippen molar-refractivity contribution in [1.82, 2.24) is 10.6 Å². The summed E-state index contributed by atoms with van der Waals surface area (Å²) in [6, 6.07) is 0. The highest BCUT2D eigenvalue weighted by Crippen LogP contribution is 2.16. The molecule has 0 aliphatic carbocycles. The van der Waals surface area contributed by atoms with Crippen LogP contribution in [0.1, 0.15) is 26.7 Å². The molecule has 0 bridgehead atoms. The van der Waals surface area contributed by atoms with Crippen LogP contribution in [-0.2, 0) is 4.79 Å². The Balaban J connectivity index is 2.27. The van der Waals surface area contributed by atoms with E-state index < -0.39 is 5.97 Å². The number of nitrogens with one attached hydrogen (secondary N) is 2. The van der Waals surface area contributed by atoms with Crippen LogP contribution in [0.5, 0.6) is 0 Å². The topological polar surface area (TPSA) is 61.4 Å². The molecule has 0 amide bonds. The van der Waals surface area contributed by atoms with Crippen molar-refractivity contribution in [2.75, 3.05) is 19.6 Å². The third kappa shape index (κ3) is 3.27. The van der Waals surface area contributed by atoms with Crippen LogP contribution in [0.3, 0.4) is 0 Å². The van der Waals surface area contributed by atoms with E-state index in [4.69, 9.17) is 5.11 Å². The van der Waals surface area contributed by atoms with E-state index in [1.165, 1.54) is 0 Å². The molecule has 0 radical (unpaired) electrons. The molecule has 0 saturated carbocycles. The summed E-state index contributed by atoms with van der Waals surface area (Å²) in [6.45, 7) is 6.80. The highest BCUT2D eigenvalue weighted by Gasteiger charge is 2.38. The van der Waals surface area contributed by atoms with E-state index in [0.717, 1.165) is 26.1 Å². The molecule has 82 valence electrons. The van der Waals surface area contributed by atoms with Gasteiger partial charge in [0.15, 0.2) is 0 Å². The second-order valence-electron chi connectivity index (χ2n) is 4.56. The number of rotatable bonds is 6. The Hall–Kier alpha value is -0.610. The summed E-state index contributed by atoms with van der Waals surface area (Å²) in [5.41, 5.74) is -0.180. The van der Waals surface area contributed by atoms with Crippen molar-refractivity contribution in [3.05, 3.63) is 0 Å². The molecular weight excluding hydrogens is 180 g/mol. The zero-order chi connectivity index (χ0) is 10.6. The Kier molecular flexibility index (Phi) is 3.89. The SMILES string of the molecule is CC(C)CCNC1(CC(=O)O)CNC1. The molecular formula is C10H20N2O2. The van der Waals surface area contributed by atoms with E-state index in [-0.39, 0.29) is 12.0 Å². The Labute approximate surface area is 85.1 Å². The summed E-state index contributed by atoms with van der Waals surface area (Å²) in [4.78, 5) is 10.6. The van der Waals surface area contributed by atoms with Crippen molar-refractivity contribution in [3.63, 3.8) is 0 Å². The summed E-state index contributed by atoms with van der Waals surface area (Å²) in [7, 11) is 0. The fourth-order valence-electron chi connectivity index (χ4n) is 1.65. The van der Waals surface area contributed by atoms with Gasteiger partial charge < -0.3 is 15.7 Å². The van der Waals surface area contributed by atoms with E-state index in [1.54, 1.807) is 0 Å². The van der Waals surface area contributed by atoms with Gasteiger partial charge >= 0.3 is 5.97 Å². The number of carboxylic acids is 1.